The minimum atomic E-state index is -1.02. The zero-order valence-electron chi connectivity index (χ0n) is 11.0. The zero-order chi connectivity index (χ0) is 15.9. The van der Waals surface area contributed by atoms with Crippen LogP contribution in [-0.4, -0.2) is 16.9 Å². The van der Waals surface area contributed by atoms with Crippen molar-refractivity contribution < 1.29 is 19.4 Å². The monoisotopic (exact) mass is 334 g/mol. The maximum atomic E-state index is 12.3. The number of rotatable bonds is 2. The van der Waals surface area contributed by atoms with E-state index in [0.717, 1.165) is 0 Å². The lowest BCUT2D eigenvalue weighted by Crippen LogP contribution is -1.99. The molecule has 0 saturated carbocycles. The largest absolute Gasteiger partial charge is 0.478 e. The summed E-state index contributed by atoms with van der Waals surface area (Å²) in [6, 6.07) is 9.15. The molecule has 4 nitrogen and oxygen atoms in total. The smallest absolute Gasteiger partial charge is 0.335 e. The van der Waals surface area contributed by atoms with Gasteiger partial charge in [-0.05, 0) is 35.9 Å². The molecule has 6 heteroatoms. The van der Waals surface area contributed by atoms with Gasteiger partial charge in [-0.25, -0.2) is 4.79 Å². The molecular weight excluding hydrogens is 327 g/mol. The molecule has 0 saturated heterocycles. The van der Waals surface area contributed by atoms with E-state index in [4.69, 9.17) is 33.0 Å². The molecule has 1 N–H and O–H groups in total. The summed E-state index contributed by atoms with van der Waals surface area (Å²) in [5.74, 6) is -1.04. The van der Waals surface area contributed by atoms with Crippen LogP contribution in [0.15, 0.2) is 42.2 Å². The highest BCUT2D eigenvalue weighted by molar-refractivity contribution is 6.39. The van der Waals surface area contributed by atoms with Crippen LogP contribution in [0.5, 0.6) is 5.75 Å². The first-order valence-electron chi connectivity index (χ1n) is 6.23. The van der Waals surface area contributed by atoms with Gasteiger partial charge >= 0.3 is 5.97 Å². The van der Waals surface area contributed by atoms with Crippen molar-refractivity contribution in [3.8, 4) is 5.75 Å². The Balaban J connectivity index is 1.97. The van der Waals surface area contributed by atoms with Gasteiger partial charge in [-0.3, -0.25) is 4.79 Å². The number of fused-ring (bicyclic) bond motifs is 1. The molecule has 1 heterocycles. The molecular formula is C16H8Cl2O4. The van der Waals surface area contributed by atoms with Crippen LogP contribution in [0.4, 0.5) is 0 Å². The minimum Gasteiger partial charge on any atom is -0.478 e. The standard InChI is InChI=1S/C16H8Cl2O4/c17-10-5-6-11(18)15-13(10)14(19)12(22-15)7-8-1-3-9(4-2-8)16(20)21/h1-7H,(H,20,21)/b12-7-. The lowest BCUT2D eigenvalue weighted by molar-refractivity contribution is 0.0696. The van der Waals surface area contributed by atoms with Gasteiger partial charge in [0, 0.05) is 0 Å². The maximum absolute atomic E-state index is 12.3. The third-order valence-corrected chi connectivity index (χ3v) is 3.79. The first-order chi connectivity index (χ1) is 10.5. The van der Waals surface area contributed by atoms with Crippen LogP contribution in [0.25, 0.3) is 6.08 Å². The molecule has 0 radical (unpaired) electrons. The van der Waals surface area contributed by atoms with E-state index in [2.05, 4.69) is 0 Å². The van der Waals surface area contributed by atoms with Gasteiger partial charge in [-0.2, -0.15) is 0 Å². The van der Waals surface area contributed by atoms with Crippen molar-refractivity contribution in [1.82, 2.24) is 0 Å². The van der Waals surface area contributed by atoms with Crippen molar-refractivity contribution in [3.05, 3.63) is 68.9 Å². The highest BCUT2D eigenvalue weighted by Gasteiger charge is 2.31. The van der Waals surface area contributed by atoms with E-state index in [1.165, 1.54) is 24.3 Å². The number of benzene rings is 2. The number of aromatic carboxylic acids is 1. The Labute approximate surface area is 135 Å². The summed E-state index contributed by atoms with van der Waals surface area (Å²) in [6.45, 7) is 0. The van der Waals surface area contributed by atoms with Crippen molar-refractivity contribution in [2.24, 2.45) is 0 Å². The number of ketones is 1. The Morgan fingerprint density at radius 3 is 2.27 bits per heavy atom. The van der Waals surface area contributed by atoms with E-state index in [1.54, 1.807) is 18.2 Å². The van der Waals surface area contributed by atoms with Crippen molar-refractivity contribution in [1.29, 1.82) is 0 Å². The van der Waals surface area contributed by atoms with E-state index in [1.807, 2.05) is 0 Å². The SMILES string of the molecule is O=C(O)c1ccc(/C=C2\Oc3c(Cl)ccc(Cl)c3C2=O)cc1. The lowest BCUT2D eigenvalue weighted by atomic mass is 10.1. The number of halogens is 2. The van der Waals surface area contributed by atoms with Crippen LogP contribution >= 0.6 is 23.2 Å². The molecule has 2 aromatic carbocycles. The van der Waals surface area contributed by atoms with E-state index < -0.39 is 5.97 Å². The summed E-state index contributed by atoms with van der Waals surface area (Å²) >= 11 is 12.0. The molecule has 0 atom stereocenters. The fraction of sp³-hybridized carbons (Fsp3) is 0. The molecule has 0 spiro atoms. The Bertz CT molecular complexity index is 823. The topological polar surface area (TPSA) is 63.6 Å². The van der Waals surface area contributed by atoms with Crippen LogP contribution in [-0.2, 0) is 0 Å². The summed E-state index contributed by atoms with van der Waals surface area (Å²) in [5.41, 5.74) is 1.03. The Morgan fingerprint density at radius 2 is 1.68 bits per heavy atom. The third kappa shape index (κ3) is 2.47. The highest BCUT2D eigenvalue weighted by atomic mass is 35.5. The van der Waals surface area contributed by atoms with E-state index in [-0.39, 0.29) is 33.4 Å². The molecule has 110 valence electrons. The van der Waals surface area contributed by atoms with Gasteiger partial charge in [0.2, 0.25) is 5.78 Å². The number of carbonyl (C=O) groups is 2. The predicted octanol–water partition coefficient (Wildman–Crippen LogP) is 4.31. The number of ether oxygens (including phenoxy) is 1. The predicted molar refractivity (Wildman–Crippen MR) is 82.8 cm³/mol. The van der Waals surface area contributed by atoms with Crippen LogP contribution in [0, 0.1) is 0 Å². The average molecular weight is 335 g/mol. The normalized spacial score (nSPS) is 14.8. The second-order valence-electron chi connectivity index (χ2n) is 4.60. The summed E-state index contributed by atoms with van der Waals surface area (Å²) < 4.78 is 5.49. The second-order valence-corrected chi connectivity index (χ2v) is 5.41. The quantitative estimate of drug-likeness (QED) is 0.831. The van der Waals surface area contributed by atoms with Crippen LogP contribution in [0.1, 0.15) is 26.3 Å². The number of hydrogen-bond donors (Lipinski definition) is 1. The van der Waals surface area contributed by atoms with E-state index >= 15 is 0 Å². The number of Topliss-reactive ketones (excluding diaryl/α,β-unsaturated/α-hetero) is 1. The molecule has 2 aromatic rings. The molecule has 0 amide bonds. The molecule has 1 aliphatic heterocycles. The van der Waals surface area contributed by atoms with Crippen molar-refractivity contribution >= 4 is 41.0 Å². The fourth-order valence-corrected chi connectivity index (χ4v) is 2.52. The van der Waals surface area contributed by atoms with Gasteiger partial charge in [0.1, 0.15) is 0 Å². The maximum Gasteiger partial charge on any atom is 0.335 e. The van der Waals surface area contributed by atoms with Gasteiger partial charge in [0.05, 0.1) is 21.2 Å². The molecule has 1 aliphatic rings. The summed E-state index contributed by atoms with van der Waals surface area (Å²) in [7, 11) is 0. The van der Waals surface area contributed by atoms with E-state index in [9.17, 15) is 9.59 Å². The average Bonchev–Trinajstić information content (AvgIpc) is 2.82. The summed E-state index contributed by atoms with van der Waals surface area (Å²) in [5, 5.41) is 9.43. The van der Waals surface area contributed by atoms with Crippen molar-refractivity contribution in [2.75, 3.05) is 0 Å². The van der Waals surface area contributed by atoms with Gasteiger partial charge < -0.3 is 9.84 Å². The first kappa shape index (κ1) is 14.6. The molecule has 0 unspecified atom stereocenters. The summed E-state index contributed by atoms with van der Waals surface area (Å²) in [6.07, 6.45) is 1.51. The number of hydrogen-bond acceptors (Lipinski definition) is 3. The second kappa shape index (κ2) is 5.48. The minimum absolute atomic E-state index is 0.0908. The number of carboxylic acid groups (broad SMARTS) is 1. The Hall–Kier alpha value is -2.30. The zero-order valence-corrected chi connectivity index (χ0v) is 12.5. The number of carbonyl (C=O) groups excluding carboxylic acids is 1. The van der Waals surface area contributed by atoms with Crippen LogP contribution in [0.3, 0.4) is 0 Å². The molecule has 3 rings (SSSR count). The third-order valence-electron chi connectivity index (χ3n) is 3.18. The molecule has 0 aliphatic carbocycles. The Kier molecular flexibility index (Phi) is 3.64. The molecule has 0 bridgehead atoms. The first-order valence-corrected chi connectivity index (χ1v) is 6.98. The molecule has 0 aromatic heterocycles. The molecule has 0 fully saturated rings. The van der Waals surface area contributed by atoms with E-state index in [0.29, 0.717) is 10.6 Å². The number of allylic oxidation sites excluding steroid dienone is 1. The van der Waals surface area contributed by atoms with Crippen LogP contribution in [0.2, 0.25) is 10.0 Å². The summed E-state index contributed by atoms with van der Waals surface area (Å²) in [4.78, 5) is 23.1. The lowest BCUT2D eigenvalue weighted by Gasteiger charge is -2.01. The Morgan fingerprint density at radius 1 is 1.05 bits per heavy atom. The van der Waals surface area contributed by atoms with Crippen molar-refractivity contribution in [2.45, 2.75) is 0 Å². The number of carboxylic acids is 1. The van der Waals surface area contributed by atoms with Gasteiger partial charge in [0.15, 0.2) is 11.5 Å². The van der Waals surface area contributed by atoms with Crippen LogP contribution < -0.4 is 4.74 Å². The van der Waals surface area contributed by atoms with Gasteiger partial charge in [0.25, 0.3) is 0 Å². The molecule has 22 heavy (non-hydrogen) atoms. The fourth-order valence-electron chi connectivity index (χ4n) is 2.09. The van der Waals surface area contributed by atoms with Gasteiger partial charge in [-0.15, -0.1) is 0 Å². The van der Waals surface area contributed by atoms with Crippen molar-refractivity contribution in [3.63, 3.8) is 0 Å². The van der Waals surface area contributed by atoms with Gasteiger partial charge in [-0.1, -0.05) is 35.3 Å². The highest BCUT2D eigenvalue weighted by Crippen LogP contribution is 2.41.